The molecule has 1 aliphatic carbocycles. The van der Waals surface area contributed by atoms with Crippen molar-refractivity contribution >= 4 is 0 Å². The van der Waals surface area contributed by atoms with Crippen LogP contribution in [0.4, 0.5) is 0 Å². The molecule has 1 saturated carbocycles. The number of hydrogen-bond acceptors (Lipinski definition) is 5. The molecule has 0 amide bonds. The standard InChI is InChI=1S/C18H28N2O3/c1-22-16-9-14(10-17(11-16)23-2)12-19-5-7-20(8-6-19)13-18(21)15-3-4-15/h9-11,15,18,21H,3-8,12-13H2,1-2H3. The third-order valence-electron chi connectivity index (χ3n) is 4.89. The van der Waals surface area contributed by atoms with Crippen LogP contribution in [0.3, 0.4) is 0 Å². The molecule has 0 bridgehead atoms. The van der Waals surface area contributed by atoms with E-state index in [1.807, 2.05) is 6.07 Å². The Hall–Kier alpha value is -1.30. The van der Waals surface area contributed by atoms with Crippen LogP contribution < -0.4 is 9.47 Å². The van der Waals surface area contributed by atoms with Crippen molar-refractivity contribution in [2.45, 2.75) is 25.5 Å². The van der Waals surface area contributed by atoms with Gasteiger partial charge in [0.15, 0.2) is 0 Å². The third-order valence-corrected chi connectivity index (χ3v) is 4.89. The van der Waals surface area contributed by atoms with Crippen molar-refractivity contribution in [3.63, 3.8) is 0 Å². The number of methoxy groups -OCH3 is 2. The Labute approximate surface area is 138 Å². The second kappa shape index (κ2) is 7.51. The molecule has 1 aromatic carbocycles. The zero-order valence-corrected chi connectivity index (χ0v) is 14.2. The number of benzene rings is 1. The normalized spacial score (nSPS) is 21.2. The zero-order valence-electron chi connectivity index (χ0n) is 14.2. The number of rotatable bonds is 7. The number of nitrogens with zero attached hydrogens (tertiary/aromatic N) is 2. The summed E-state index contributed by atoms with van der Waals surface area (Å²) < 4.78 is 10.7. The fraction of sp³-hybridized carbons (Fsp3) is 0.667. The van der Waals surface area contributed by atoms with Gasteiger partial charge in [-0.3, -0.25) is 9.80 Å². The molecule has 23 heavy (non-hydrogen) atoms. The minimum Gasteiger partial charge on any atom is -0.497 e. The zero-order chi connectivity index (χ0) is 16.2. The van der Waals surface area contributed by atoms with Gasteiger partial charge < -0.3 is 14.6 Å². The van der Waals surface area contributed by atoms with Gasteiger partial charge in [0.05, 0.1) is 20.3 Å². The van der Waals surface area contributed by atoms with Crippen LogP contribution in [0.5, 0.6) is 11.5 Å². The van der Waals surface area contributed by atoms with E-state index in [0.717, 1.165) is 50.8 Å². The second-order valence-electron chi connectivity index (χ2n) is 6.70. The van der Waals surface area contributed by atoms with Crippen LogP contribution in [0.1, 0.15) is 18.4 Å². The van der Waals surface area contributed by atoms with Gasteiger partial charge in [0.2, 0.25) is 0 Å². The molecule has 1 atom stereocenters. The summed E-state index contributed by atoms with van der Waals surface area (Å²) in [5, 5.41) is 10.1. The molecule has 128 valence electrons. The van der Waals surface area contributed by atoms with Gasteiger partial charge in [-0.05, 0) is 36.5 Å². The lowest BCUT2D eigenvalue weighted by molar-refractivity contribution is 0.0601. The van der Waals surface area contributed by atoms with Crippen LogP contribution in [0, 0.1) is 5.92 Å². The summed E-state index contributed by atoms with van der Waals surface area (Å²) in [5.41, 5.74) is 1.22. The van der Waals surface area contributed by atoms with Gasteiger partial charge in [-0.2, -0.15) is 0 Å². The number of aliphatic hydroxyl groups is 1. The largest absolute Gasteiger partial charge is 0.497 e. The predicted octanol–water partition coefficient (Wildman–Crippen LogP) is 1.59. The summed E-state index contributed by atoms with van der Waals surface area (Å²) in [6.45, 7) is 5.89. The summed E-state index contributed by atoms with van der Waals surface area (Å²) in [6, 6.07) is 6.05. The van der Waals surface area contributed by atoms with Crippen LogP contribution in [-0.2, 0) is 6.54 Å². The molecule has 1 unspecified atom stereocenters. The Morgan fingerprint density at radius 1 is 1.00 bits per heavy atom. The maximum atomic E-state index is 10.1. The molecule has 3 rings (SSSR count). The molecule has 2 fully saturated rings. The van der Waals surface area contributed by atoms with Crippen LogP contribution >= 0.6 is 0 Å². The Morgan fingerprint density at radius 3 is 2.09 bits per heavy atom. The lowest BCUT2D eigenvalue weighted by Gasteiger charge is -2.35. The smallest absolute Gasteiger partial charge is 0.122 e. The van der Waals surface area contributed by atoms with Gasteiger partial charge in [-0.1, -0.05) is 0 Å². The summed E-state index contributed by atoms with van der Waals surface area (Å²) in [6.07, 6.45) is 2.29. The van der Waals surface area contributed by atoms with Gasteiger partial charge in [0.25, 0.3) is 0 Å². The van der Waals surface area contributed by atoms with Crippen molar-refractivity contribution in [1.29, 1.82) is 0 Å². The van der Waals surface area contributed by atoms with E-state index in [0.29, 0.717) is 5.92 Å². The molecular formula is C18H28N2O3. The van der Waals surface area contributed by atoms with Gasteiger partial charge in [0, 0.05) is 45.3 Å². The molecule has 1 aliphatic heterocycles. The Balaban J connectivity index is 1.50. The number of piperazine rings is 1. The van der Waals surface area contributed by atoms with E-state index in [9.17, 15) is 5.11 Å². The minimum atomic E-state index is -0.121. The first kappa shape index (κ1) is 16.6. The van der Waals surface area contributed by atoms with Crippen LogP contribution in [-0.4, -0.2) is 68.0 Å². The molecule has 1 saturated heterocycles. The average molecular weight is 320 g/mol. The third kappa shape index (κ3) is 4.59. The van der Waals surface area contributed by atoms with Crippen LogP contribution in [0.15, 0.2) is 18.2 Å². The van der Waals surface area contributed by atoms with Crippen molar-refractivity contribution in [3.05, 3.63) is 23.8 Å². The number of aliphatic hydroxyl groups excluding tert-OH is 1. The number of ether oxygens (including phenoxy) is 2. The lowest BCUT2D eigenvalue weighted by atomic mass is 10.1. The highest BCUT2D eigenvalue weighted by Crippen LogP contribution is 2.33. The molecular weight excluding hydrogens is 292 g/mol. The van der Waals surface area contributed by atoms with E-state index >= 15 is 0 Å². The molecule has 1 aromatic rings. The second-order valence-corrected chi connectivity index (χ2v) is 6.70. The van der Waals surface area contributed by atoms with Crippen molar-refractivity contribution in [3.8, 4) is 11.5 Å². The summed E-state index contributed by atoms with van der Waals surface area (Å²) in [4.78, 5) is 4.85. The monoisotopic (exact) mass is 320 g/mol. The molecule has 0 aromatic heterocycles. The SMILES string of the molecule is COc1cc(CN2CCN(CC(O)C3CC3)CC2)cc(OC)c1. The average Bonchev–Trinajstić information content (AvgIpc) is 3.41. The van der Waals surface area contributed by atoms with Gasteiger partial charge in [0.1, 0.15) is 11.5 Å². The van der Waals surface area contributed by atoms with Crippen LogP contribution in [0.25, 0.3) is 0 Å². The Bertz CT molecular complexity index is 489. The van der Waals surface area contributed by atoms with E-state index in [4.69, 9.17) is 9.47 Å². The lowest BCUT2D eigenvalue weighted by Crippen LogP contribution is -2.48. The van der Waals surface area contributed by atoms with E-state index in [1.165, 1.54) is 18.4 Å². The van der Waals surface area contributed by atoms with Crippen molar-refractivity contribution in [2.24, 2.45) is 5.92 Å². The molecule has 1 heterocycles. The fourth-order valence-electron chi connectivity index (χ4n) is 3.24. The van der Waals surface area contributed by atoms with Crippen molar-refractivity contribution < 1.29 is 14.6 Å². The highest BCUT2D eigenvalue weighted by molar-refractivity contribution is 5.38. The molecule has 5 heteroatoms. The first-order valence-corrected chi connectivity index (χ1v) is 8.52. The molecule has 2 aliphatic rings. The van der Waals surface area contributed by atoms with Crippen LogP contribution in [0.2, 0.25) is 0 Å². The number of hydrogen-bond donors (Lipinski definition) is 1. The first-order chi connectivity index (χ1) is 11.2. The van der Waals surface area contributed by atoms with Crippen molar-refractivity contribution in [2.75, 3.05) is 46.9 Å². The fourth-order valence-corrected chi connectivity index (χ4v) is 3.24. The number of β-amino-alcohol motifs (C(OH)–C–C–N with tert-alkyl or cyclic N) is 1. The van der Waals surface area contributed by atoms with Gasteiger partial charge >= 0.3 is 0 Å². The maximum absolute atomic E-state index is 10.1. The Kier molecular flexibility index (Phi) is 5.41. The van der Waals surface area contributed by atoms with E-state index < -0.39 is 0 Å². The molecule has 0 radical (unpaired) electrons. The minimum absolute atomic E-state index is 0.121. The van der Waals surface area contributed by atoms with Gasteiger partial charge in [-0.25, -0.2) is 0 Å². The maximum Gasteiger partial charge on any atom is 0.122 e. The summed E-state index contributed by atoms with van der Waals surface area (Å²) in [5.74, 6) is 2.24. The Morgan fingerprint density at radius 2 is 1.57 bits per heavy atom. The molecule has 0 spiro atoms. The first-order valence-electron chi connectivity index (χ1n) is 8.52. The topological polar surface area (TPSA) is 45.2 Å². The highest BCUT2D eigenvalue weighted by Gasteiger charge is 2.31. The van der Waals surface area contributed by atoms with E-state index in [2.05, 4.69) is 21.9 Å². The van der Waals surface area contributed by atoms with Gasteiger partial charge in [-0.15, -0.1) is 0 Å². The van der Waals surface area contributed by atoms with E-state index in [1.54, 1.807) is 14.2 Å². The van der Waals surface area contributed by atoms with E-state index in [-0.39, 0.29) is 6.10 Å². The van der Waals surface area contributed by atoms with Crippen molar-refractivity contribution in [1.82, 2.24) is 9.80 Å². The molecule has 5 nitrogen and oxygen atoms in total. The summed E-state index contributed by atoms with van der Waals surface area (Å²) >= 11 is 0. The quantitative estimate of drug-likeness (QED) is 0.827. The summed E-state index contributed by atoms with van der Waals surface area (Å²) in [7, 11) is 3.37. The predicted molar refractivity (Wildman–Crippen MR) is 90.0 cm³/mol. The highest BCUT2D eigenvalue weighted by atomic mass is 16.5. The molecule has 1 N–H and O–H groups in total.